The second-order valence-electron chi connectivity index (χ2n) is 11.9. The van der Waals surface area contributed by atoms with Gasteiger partial charge < -0.3 is 9.32 Å². The van der Waals surface area contributed by atoms with Gasteiger partial charge in [0.2, 0.25) is 5.89 Å². The Kier molecular flexibility index (Phi) is 7.85. The van der Waals surface area contributed by atoms with Crippen LogP contribution in [0.2, 0.25) is 0 Å². The fourth-order valence-electron chi connectivity index (χ4n) is 6.54. The van der Waals surface area contributed by atoms with Crippen LogP contribution in [0.1, 0.15) is 12.5 Å². The molecule has 1 heterocycles. The summed E-state index contributed by atoms with van der Waals surface area (Å²) >= 11 is 0. The number of para-hydroxylation sites is 3. The molecule has 0 bridgehead atoms. The average Bonchev–Trinajstić information content (AvgIpc) is 3.61. The molecule has 3 heteroatoms. The number of rotatable bonds is 8. The number of hydrogen-bond donors (Lipinski definition) is 0. The van der Waals surface area contributed by atoms with Gasteiger partial charge in [0.05, 0.1) is 0 Å². The highest BCUT2D eigenvalue weighted by molar-refractivity contribution is 5.92. The maximum Gasteiger partial charge on any atom is 0.227 e. The van der Waals surface area contributed by atoms with Gasteiger partial charge in [0.15, 0.2) is 5.58 Å². The van der Waals surface area contributed by atoms with Gasteiger partial charge in [-0.05, 0) is 100.0 Å². The molecule has 8 aromatic rings. The molecule has 0 spiro atoms. The van der Waals surface area contributed by atoms with Crippen molar-refractivity contribution in [3.63, 3.8) is 0 Å². The van der Waals surface area contributed by atoms with Crippen molar-refractivity contribution in [1.29, 1.82) is 0 Å². The van der Waals surface area contributed by atoms with E-state index in [1.54, 1.807) is 0 Å². The Balaban J connectivity index is 1.14. The van der Waals surface area contributed by atoms with E-state index in [0.717, 1.165) is 45.7 Å². The summed E-state index contributed by atoms with van der Waals surface area (Å²) in [6, 6.07) is 61.9. The monoisotopic (exact) mass is 618 g/mol. The van der Waals surface area contributed by atoms with Crippen molar-refractivity contribution in [2.45, 2.75) is 13.3 Å². The zero-order valence-corrected chi connectivity index (χ0v) is 26.8. The molecule has 0 aliphatic heterocycles. The SMILES string of the molecule is CCc1cccc2oc(-c3ccc(-c4ccccc4-c4ccccc4-c4ccc(N(c5ccccc5)c5ccccc5)cc4)cc3)nc12. The van der Waals surface area contributed by atoms with Crippen molar-refractivity contribution in [3.8, 4) is 44.8 Å². The lowest BCUT2D eigenvalue weighted by Gasteiger charge is -2.25. The molecular weight excluding hydrogens is 585 g/mol. The molecule has 0 aliphatic rings. The van der Waals surface area contributed by atoms with Gasteiger partial charge in [-0.2, -0.15) is 0 Å². The summed E-state index contributed by atoms with van der Waals surface area (Å²) in [7, 11) is 0. The van der Waals surface area contributed by atoms with Crippen LogP contribution in [0.5, 0.6) is 0 Å². The molecule has 0 atom stereocenters. The fourth-order valence-corrected chi connectivity index (χ4v) is 6.54. The first kappa shape index (κ1) is 29.2. The van der Waals surface area contributed by atoms with Crippen molar-refractivity contribution >= 4 is 28.2 Å². The quantitative estimate of drug-likeness (QED) is 0.170. The minimum atomic E-state index is 0.651. The van der Waals surface area contributed by atoms with Crippen LogP contribution in [0.15, 0.2) is 180 Å². The van der Waals surface area contributed by atoms with E-state index in [4.69, 9.17) is 9.40 Å². The molecule has 230 valence electrons. The summed E-state index contributed by atoms with van der Waals surface area (Å²) in [5.74, 6) is 0.651. The van der Waals surface area contributed by atoms with Crippen LogP contribution in [0, 0.1) is 0 Å². The van der Waals surface area contributed by atoms with Gasteiger partial charge in [-0.15, -0.1) is 0 Å². The Morgan fingerprint density at radius 1 is 0.438 bits per heavy atom. The molecule has 0 saturated heterocycles. The van der Waals surface area contributed by atoms with Crippen molar-refractivity contribution in [2.24, 2.45) is 0 Å². The molecular formula is C45H34N2O. The van der Waals surface area contributed by atoms with E-state index >= 15 is 0 Å². The molecule has 0 amide bonds. The standard InChI is InChI=1S/C45H34N2O/c1-2-32-14-13-23-43-44(32)46-45(48-43)35-26-24-33(25-27-35)39-19-9-11-21-41(39)42-22-12-10-20-40(42)34-28-30-38(31-29-34)47(36-15-5-3-6-16-36)37-17-7-4-8-18-37/h3-31H,2H2,1H3. The summed E-state index contributed by atoms with van der Waals surface area (Å²) < 4.78 is 6.16. The average molecular weight is 619 g/mol. The number of hydrogen-bond acceptors (Lipinski definition) is 3. The van der Waals surface area contributed by atoms with Gasteiger partial charge in [-0.25, -0.2) is 4.98 Å². The zero-order chi connectivity index (χ0) is 32.3. The number of aryl methyl sites for hydroxylation is 1. The lowest BCUT2D eigenvalue weighted by molar-refractivity contribution is 0.620. The van der Waals surface area contributed by atoms with E-state index in [-0.39, 0.29) is 0 Å². The highest BCUT2D eigenvalue weighted by Gasteiger charge is 2.16. The number of aromatic nitrogens is 1. The maximum atomic E-state index is 6.16. The van der Waals surface area contributed by atoms with Crippen LogP contribution >= 0.6 is 0 Å². The summed E-state index contributed by atoms with van der Waals surface area (Å²) in [6.07, 6.45) is 0.921. The smallest absolute Gasteiger partial charge is 0.227 e. The van der Waals surface area contributed by atoms with E-state index in [0.29, 0.717) is 5.89 Å². The Morgan fingerprint density at radius 3 is 1.44 bits per heavy atom. The Bertz CT molecular complexity index is 2270. The van der Waals surface area contributed by atoms with Crippen molar-refractivity contribution in [2.75, 3.05) is 4.90 Å². The largest absolute Gasteiger partial charge is 0.436 e. The zero-order valence-electron chi connectivity index (χ0n) is 26.8. The van der Waals surface area contributed by atoms with Crippen LogP contribution in [0.3, 0.4) is 0 Å². The van der Waals surface area contributed by atoms with Gasteiger partial charge in [-0.1, -0.05) is 128 Å². The van der Waals surface area contributed by atoms with Crippen LogP contribution in [0.4, 0.5) is 17.1 Å². The van der Waals surface area contributed by atoms with Gasteiger partial charge in [0.25, 0.3) is 0 Å². The van der Waals surface area contributed by atoms with E-state index < -0.39 is 0 Å². The highest BCUT2D eigenvalue weighted by atomic mass is 16.3. The molecule has 8 rings (SSSR count). The molecule has 0 radical (unpaired) electrons. The number of nitrogens with zero attached hydrogens (tertiary/aromatic N) is 2. The minimum absolute atomic E-state index is 0.651. The molecule has 3 nitrogen and oxygen atoms in total. The van der Waals surface area contributed by atoms with Crippen LogP contribution in [-0.2, 0) is 6.42 Å². The van der Waals surface area contributed by atoms with Gasteiger partial charge in [0.1, 0.15) is 5.52 Å². The first-order chi connectivity index (χ1) is 23.8. The summed E-state index contributed by atoms with van der Waals surface area (Å²) in [6.45, 7) is 2.15. The first-order valence-electron chi connectivity index (χ1n) is 16.4. The van der Waals surface area contributed by atoms with Gasteiger partial charge >= 0.3 is 0 Å². The normalized spacial score (nSPS) is 11.1. The lowest BCUT2D eigenvalue weighted by atomic mass is 9.89. The molecule has 1 aromatic heterocycles. The Labute approximate surface area is 281 Å². The molecule has 48 heavy (non-hydrogen) atoms. The fraction of sp³-hybridized carbons (Fsp3) is 0.0444. The number of fused-ring (bicyclic) bond motifs is 1. The van der Waals surface area contributed by atoms with E-state index in [2.05, 4.69) is 176 Å². The maximum absolute atomic E-state index is 6.16. The molecule has 0 aliphatic carbocycles. The molecule has 0 N–H and O–H groups in total. The van der Waals surface area contributed by atoms with Crippen LogP contribution in [-0.4, -0.2) is 4.98 Å². The topological polar surface area (TPSA) is 29.3 Å². The molecule has 0 unspecified atom stereocenters. The van der Waals surface area contributed by atoms with E-state index in [1.165, 1.54) is 33.4 Å². The minimum Gasteiger partial charge on any atom is -0.436 e. The van der Waals surface area contributed by atoms with Crippen molar-refractivity contribution in [3.05, 3.63) is 181 Å². The van der Waals surface area contributed by atoms with Gasteiger partial charge in [-0.3, -0.25) is 0 Å². The van der Waals surface area contributed by atoms with Crippen molar-refractivity contribution < 1.29 is 4.42 Å². The molecule has 0 fully saturated rings. The number of benzene rings is 7. The van der Waals surface area contributed by atoms with Crippen LogP contribution < -0.4 is 4.90 Å². The number of anilines is 3. The van der Waals surface area contributed by atoms with Crippen LogP contribution in [0.25, 0.3) is 55.9 Å². The summed E-state index contributed by atoms with van der Waals surface area (Å²) in [5.41, 5.74) is 14.4. The van der Waals surface area contributed by atoms with Gasteiger partial charge in [0, 0.05) is 22.6 Å². The van der Waals surface area contributed by atoms with E-state index in [1.807, 2.05) is 12.1 Å². The Hall–Kier alpha value is -6.19. The predicted octanol–water partition coefficient (Wildman–Crippen LogP) is 12.5. The third-order valence-electron chi connectivity index (χ3n) is 8.94. The van der Waals surface area contributed by atoms with Crippen molar-refractivity contribution in [1.82, 2.24) is 4.98 Å². The second kappa shape index (κ2) is 12.9. The molecule has 0 saturated carbocycles. The third-order valence-corrected chi connectivity index (χ3v) is 8.94. The highest BCUT2D eigenvalue weighted by Crippen LogP contribution is 2.40. The predicted molar refractivity (Wildman–Crippen MR) is 200 cm³/mol. The lowest BCUT2D eigenvalue weighted by Crippen LogP contribution is -2.09. The Morgan fingerprint density at radius 2 is 0.896 bits per heavy atom. The second-order valence-corrected chi connectivity index (χ2v) is 11.9. The first-order valence-corrected chi connectivity index (χ1v) is 16.4. The van der Waals surface area contributed by atoms with E-state index in [9.17, 15) is 0 Å². The molecule has 7 aromatic carbocycles. The third kappa shape index (κ3) is 5.56. The number of oxazole rings is 1. The summed E-state index contributed by atoms with van der Waals surface area (Å²) in [5, 5.41) is 0. The summed E-state index contributed by atoms with van der Waals surface area (Å²) in [4.78, 5) is 7.14.